The summed E-state index contributed by atoms with van der Waals surface area (Å²) in [6.45, 7) is 4.98. The number of aliphatic hydroxyl groups is 1. The summed E-state index contributed by atoms with van der Waals surface area (Å²) in [7, 11) is 0. The van der Waals surface area contributed by atoms with E-state index < -0.39 is 11.5 Å². The molecule has 0 spiro atoms. The molecule has 6 heteroatoms. The number of likely N-dealkylation sites (tertiary alicyclic amines) is 1. The van der Waals surface area contributed by atoms with Gasteiger partial charge in [-0.15, -0.1) is 0 Å². The molecule has 4 aromatic rings. The molecular formula is C35H36ClN3O2. The lowest BCUT2D eigenvalue weighted by Gasteiger charge is -2.43. The van der Waals surface area contributed by atoms with Crippen molar-refractivity contribution in [3.8, 4) is 11.1 Å². The quantitative estimate of drug-likeness (QED) is 0.263. The van der Waals surface area contributed by atoms with Crippen LogP contribution in [0.5, 0.6) is 0 Å². The van der Waals surface area contributed by atoms with Gasteiger partial charge in [0.25, 0.3) is 5.56 Å². The summed E-state index contributed by atoms with van der Waals surface area (Å²) in [5.41, 5.74) is 4.71. The third kappa shape index (κ3) is 5.67. The molecule has 1 aliphatic carbocycles. The number of allylic oxidation sites excluding steroid dienone is 2. The minimum Gasteiger partial charge on any atom is -0.389 e. The molecule has 6 rings (SSSR count). The first-order valence-corrected chi connectivity index (χ1v) is 15.0. The summed E-state index contributed by atoms with van der Waals surface area (Å²) in [6, 6.07) is 19.8. The maximum Gasteiger partial charge on any atom is 0.254 e. The van der Waals surface area contributed by atoms with Gasteiger partial charge in [0.1, 0.15) is 0 Å². The minimum atomic E-state index is -1.07. The summed E-state index contributed by atoms with van der Waals surface area (Å²) < 4.78 is 1.83. The van der Waals surface area contributed by atoms with Gasteiger partial charge in [-0.2, -0.15) is 0 Å². The van der Waals surface area contributed by atoms with Crippen molar-refractivity contribution in [1.29, 1.82) is 0 Å². The number of piperidine rings is 1. The number of aryl methyl sites for hydroxylation is 1. The van der Waals surface area contributed by atoms with E-state index in [1.165, 1.54) is 5.57 Å². The van der Waals surface area contributed by atoms with Crippen LogP contribution >= 0.6 is 11.6 Å². The van der Waals surface area contributed by atoms with Gasteiger partial charge in [-0.05, 0) is 91.1 Å². The zero-order chi connectivity index (χ0) is 28.4. The SMILES string of the molecule is CCn1c(=O)c(C(c2ccc(Cl)cc2)C2(O)CCN(CC3=CCCC=C3)CC2)cc2cc(-c3cccnc3)ccc21. The Morgan fingerprint density at radius 2 is 1.83 bits per heavy atom. The van der Waals surface area contributed by atoms with Gasteiger partial charge in [-0.25, -0.2) is 0 Å². The van der Waals surface area contributed by atoms with Crippen molar-refractivity contribution in [2.45, 2.75) is 50.7 Å². The number of aromatic nitrogens is 2. The predicted molar refractivity (Wildman–Crippen MR) is 167 cm³/mol. The van der Waals surface area contributed by atoms with Crippen molar-refractivity contribution in [1.82, 2.24) is 14.5 Å². The Labute approximate surface area is 246 Å². The number of benzene rings is 2. The van der Waals surface area contributed by atoms with Crippen molar-refractivity contribution in [2.75, 3.05) is 19.6 Å². The van der Waals surface area contributed by atoms with E-state index >= 15 is 0 Å². The monoisotopic (exact) mass is 565 g/mol. The fourth-order valence-corrected chi connectivity index (χ4v) is 6.63. The zero-order valence-corrected chi connectivity index (χ0v) is 24.2. The van der Waals surface area contributed by atoms with Gasteiger partial charge < -0.3 is 9.67 Å². The Hall–Kier alpha value is -3.51. The highest BCUT2D eigenvalue weighted by Gasteiger charge is 2.43. The van der Waals surface area contributed by atoms with Crippen LogP contribution in [0.4, 0.5) is 0 Å². The number of rotatable bonds is 7. The fraction of sp³-hybridized carbons (Fsp3) is 0.314. The number of hydrogen-bond donors (Lipinski definition) is 1. The molecule has 1 saturated heterocycles. The molecule has 1 atom stereocenters. The smallest absolute Gasteiger partial charge is 0.254 e. The van der Waals surface area contributed by atoms with Gasteiger partial charge in [0.2, 0.25) is 0 Å². The van der Waals surface area contributed by atoms with Crippen LogP contribution in [0.1, 0.15) is 49.7 Å². The van der Waals surface area contributed by atoms with E-state index in [4.69, 9.17) is 11.6 Å². The lowest BCUT2D eigenvalue weighted by Crippen LogP contribution is -2.49. The Morgan fingerprint density at radius 1 is 1.02 bits per heavy atom. The molecule has 2 aliphatic rings. The number of halogens is 1. The summed E-state index contributed by atoms with van der Waals surface area (Å²) in [5, 5.41) is 14.0. The van der Waals surface area contributed by atoms with Gasteiger partial charge >= 0.3 is 0 Å². The first kappa shape index (κ1) is 27.6. The van der Waals surface area contributed by atoms with Gasteiger partial charge in [0.05, 0.1) is 11.1 Å². The molecule has 210 valence electrons. The summed E-state index contributed by atoms with van der Waals surface area (Å²) in [6.07, 6.45) is 13.8. The highest BCUT2D eigenvalue weighted by molar-refractivity contribution is 6.30. The molecular weight excluding hydrogens is 530 g/mol. The Bertz CT molecular complexity index is 1650. The molecule has 0 amide bonds. The molecule has 2 aromatic carbocycles. The van der Waals surface area contributed by atoms with Crippen LogP contribution in [-0.2, 0) is 6.54 Å². The molecule has 0 radical (unpaired) electrons. The van der Waals surface area contributed by atoms with Gasteiger partial charge in [0.15, 0.2) is 0 Å². The Morgan fingerprint density at radius 3 is 2.51 bits per heavy atom. The average Bonchev–Trinajstić information content (AvgIpc) is 3.00. The molecule has 0 saturated carbocycles. The van der Waals surface area contributed by atoms with Crippen molar-refractivity contribution in [2.24, 2.45) is 0 Å². The van der Waals surface area contributed by atoms with Crippen LogP contribution in [0.15, 0.2) is 102 Å². The van der Waals surface area contributed by atoms with Gasteiger partial charge in [0, 0.05) is 60.6 Å². The van der Waals surface area contributed by atoms with Crippen LogP contribution < -0.4 is 5.56 Å². The van der Waals surface area contributed by atoms with Crippen LogP contribution in [0.3, 0.4) is 0 Å². The van der Waals surface area contributed by atoms with Gasteiger partial charge in [-0.1, -0.05) is 54.1 Å². The molecule has 5 nitrogen and oxygen atoms in total. The molecule has 1 N–H and O–H groups in total. The zero-order valence-electron chi connectivity index (χ0n) is 23.5. The van der Waals surface area contributed by atoms with E-state index in [1.54, 1.807) is 6.20 Å². The number of nitrogens with zero attached hydrogens (tertiary/aromatic N) is 3. The lowest BCUT2D eigenvalue weighted by molar-refractivity contribution is -0.0323. The fourth-order valence-electron chi connectivity index (χ4n) is 6.51. The summed E-state index contributed by atoms with van der Waals surface area (Å²) in [4.78, 5) is 20.9. The van der Waals surface area contributed by atoms with E-state index in [1.807, 2.05) is 72.3 Å². The second-order valence-electron chi connectivity index (χ2n) is 11.3. The highest BCUT2D eigenvalue weighted by Crippen LogP contribution is 2.42. The maximum absolute atomic E-state index is 14.2. The third-order valence-corrected chi connectivity index (χ3v) is 8.94. The first-order valence-electron chi connectivity index (χ1n) is 14.6. The maximum atomic E-state index is 14.2. The van der Waals surface area contributed by atoms with Crippen LogP contribution in [0, 0.1) is 0 Å². The predicted octanol–water partition coefficient (Wildman–Crippen LogP) is 6.97. The molecule has 1 unspecified atom stereocenters. The molecule has 2 aromatic heterocycles. The number of hydrogen-bond acceptors (Lipinski definition) is 4. The van der Waals surface area contributed by atoms with E-state index in [-0.39, 0.29) is 5.56 Å². The van der Waals surface area contributed by atoms with E-state index in [0.29, 0.717) is 30.0 Å². The normalized spacial score (nSPS) is 17.9. The summed E-state index contributed by atoms with van der Waals surface area (Å²) >= 11 is 6.28. The molecule has 0 bridgehead atoms. The number of fused-ring (bicyclic) bond motifs is 1. The number of pyridine rings is 2. The van der Waals surface area contributed by atoms with Crippen molar-refractivity contribution in [3.05, 3.63) is 123 Å². The molecule has 41 heavy (non-hydrogen) atoms. The third-order valence-electron chi connectivity index (χ3n) is 8.68. The average molecular weight is 566 g/mol. The minimum absolute atomic E-state index is 0.0533. The Balaban J connectivity index is 1.42. The standard InChI is InChI=1S/C35H36ClN3O2/c1-2-39-32-15-12-27(28-9-6-18-37-23-28)21-29(32)22-31(34(39)40)33(26-10-13-30(36)14-11-26)35(41)16-19-38(20-17-35)24-25-7-4-3-5-8-25/h4,6-15,18,21-23,33,41H,2-3,5,16-17,19-20,24H2,1H3. The molecule has 1 fully saturated rings. The topological polar surface area (TPSA) is 58.4 Å². The second-order valence-corrected chi connectivity index (χ2v) is 11.7. The lowest BCUT2D eigenvalue weighted by atomic mass is 9.72. The van der Waals surface area contributed by atoms with Crippen LogP contribution in [0.25, 0.3) is 22.0 Å². The first-order chi connectivity index (χ1) is 19.9. The molecule has 1 aliphatic heterocycles. The molecule has 3 heterocycles. The van der Waals surface area contributed by atoms with Gasteiger partial charge in [-0.3, -0.25) is 14.7 Å². The van der Waals surface area contributed by atoms with E-state index in [2.05, 4.69) is 34.2 Å². The van der Waals surface area contributed by atoms with E-state index in [0.717, 1.165) is 60.1 Å². The summed E-state index contributed by atoms with van der Waals surface area (Å²) in [5.74, 6) is -0.479. The van der Waals surface area contributed by atoms with Crippen LogP contribution in [0.2, 0.25) is 5.02 Å². The second kappa shape index (κ2) is 11.8. The van der Waals surface area contributed by atoms with Crippen molar-refractivity contribution in [3.63, 3.8) is 0 Å². The van der Waals surface area contributed by atoms with E-state index in [9.17, 15) is 9.90 Å². The van der Waals surface area contributed by atoms with Crippen LogP contribution in [-0.4, -0.2) is 44.8 Å². The Kier molecular flexibility index (Phi) is 7.94. The van der Waals surface area contributed by atoms with Crippen molar-refractivity contribution < 1.29 is 5.11 Å². The van der Waals surface area contributed by atoms with Crippen molar-refractivity contribution >= 4 is 22.5 Å². The highest BCUT2D eigenvalue weighted by atomic mass is 35.5. The largest absolute Gasteiger partial charge is 0.389 e.